The summed E-state index contributed by atoms with van der Waals surface area (Å²) in [6, 6.07) is 1.58. The van der Waals surface area contributed by atoms with E-state index < -0.39 is 24.1 Å². The van der Waals surface area contributed by atoms with E-state index in [1.807, 2.05) is 0 Å². The Bertz CT molecular complexity index is 478. The Hall–Kier alpha value is -1.99. The van der Waals surface area contributed by atoms with E-state index in [0.29, 0.717) is 5.56 Å². The van der Waals surface area contributed by atoms with Crippen molar-refractivity contribution in [2.75, 3.05) is 7.11 Å². The average Bonchev–Trinajstić information content (AvgIpc) is 2.38. The van der Waals surface area contributed by atoms with Gasteiger partial charge in [0.1, 0.15) is 0 Å². The topological polar surface area (TPSA) is 123 Å². The van der Waals surface area contributed by atoms with E-state index in [2.05, 4.69) is 9.72 Å². The van der Waals surface area contributed by atoms with Crippen molar-refractivity contribution >= 4 is 11.9 Å². The number of rotatable bonds is 7. The molecule has 0 fully saturated rings. The Morgan fingerprint density at radius 1 is 1.40 bits per heavy atom. The second-order valence-corrected chi connectivity index (χ2v) is 4.42. The first-order valence-corrected chi connectivity index (χ1v) is 6.09. The minimum Gasteiger partial charge on any atom is -0.469 e. The van der Waals surface area contributed by atoms with E-state index in [-0.39, 0.29) is 24.8 Å². The quantitative estimate of drug-likeness (QED) is 0.574. The molecule has 0 bridgehead atoms. The van der Waals surface area contributed by atoms with Crippen molar-refractivity contribution in [3.63, 3.8) is 0 Å². The molecular weight excluding hydrogens is 264 g/mol. The smallest absolute Gasteiger partial charge is 0.308 e. The Balaban J connectivity index is 2.60. The third kappa shape index (κ3) is 4.94. The van der Waals surface area contributed by atoms with E-state index in [4.69, 9.17) is 5.73 Å². The maximum Gasteiger partial charge on any atom is 0.308 e. The Labute approximate surface area is 116 Å². The van der Waals surface area contributed by atoms with Gasteiger partial charge < -0.3 is 20.7 Å². The van der Waals surface area contributed by atoms with Gasteiger partial charge in [-0.05, 0) is 18.1 Å². The molecule has 7 heteroatoms. The van der Waals surface area contributed by atoms with Crippen LogP contribution in [0.5, 0.6) is 0 Å². The lowest BCUT2D eigenvalue weighted by Crippen LogP contribution is -2.24. The number of hydrogen-bond acceptors (Lipinski definition) is 6. The van der Waals surface area contributed by atoms with E-state index in [1.165, 1.54) is 19.5 Å². The molecule has 20 heavy (non-hydrogen) atoms. The predicted molar refractivity (Wildman–Crippen MR) is 69.7 cm³/mol. The number of aliphatic hydroxyl groups excluding tert-OH is 2. The molecule has 0 aliphatic carbocycles. The minimum absolute atomic E-state index is 0.00434. The van der Waals surface area contributed by atoms with Crippen molar-refractivity contribution in [2.24, 2.45) is 5.73 Å². The molecule has 2 atom stereocenters. The number of carbonyl (C=O) groups is 2. The summed E-state index contributed by atoms with van der Waals surface area (Å²) in [5.74, 6) is -1.18. The fourth-order valence-corrected chi connectivity index (χ4v) is 1.83. The largest absolute Gasteiger partial charge is 0.469 e. The summed E-state index contributed by atoms with van der Waals surface area (Å²) < 4.78 is 4.42. The van der Waals surface area contributed by atoms with Gasteiger partial charge in [-0.15, -0.1) is 0 Å². The van der Waals surface area contributed by atoms with Gasteiger partial charge in [-0.25, -0.2) is 0 Å². The molecule has 7 nitrogen and oxygen atoms in total. The molecule has 0 saturated heterocycles. The number of primary amides is 1. The van der Waals surface area contributed by atoms with Crippen molar-refractivity contribution in [1.29, 1.82) is 0 Å². The minimum atomic E-state index is -1.00. The maximum atomic E-state index is 11.2. The van der Waals surface area contributed by atoms with Crippen molar-refractivity contribution < 1.29 is 24.5 Å². The third-order valence-corrected chi connectivity index (χ3v) is 2.81. The second-order valence-electron chi connectivity index (χ2n) is 4.42. The summed E-state index contributed by atoms with van der Waals surface area (Å²) >= 11 is 0. The maximum absolute atomic E-state index is 11.2. The molecule has 4 N–H and O–H groups in total. The van der Waals surface area contributed by atoms with Gasteiger partial charge in [0.05, 0.1) is 31.3 Å². The first-order chi connectivity index (χ1) is 9.43. The number of nitrogens with two attached hydrogens (primary N) is 1. The van der Waals surface area contributed by atoms with Crippen molar-refractivity contribution in [1.82, 2.24) is 4.98 Å². The number of carbonyl (C=O) groups excluding carboxylic acids is 2. The van der Waals surface area contributed by atoms with Crippen LogP contribution < -0.4 is 5.73 Å². The monoisotopic (exact) mass is 282 g/mol. The number of amides is 1. The SMILES string of the molecule is COC(=O)C[C@H](O)C[C@H](O)Cc1ccncc1C(N)=O. The Morgan fingerprint density at radius 2 is 2.10 bits per heavy atom. The molecule has 0 aliphatic rings. The van der Waals surface area contributed by atoms with Crippen LogP contribution in [0, 0.1) is 0 Å². The van der Waals surface area contributed by atoms with E-state index >= 15 is 0 Å². The molecule has 1 heterocycles. The molecule has 1 rings (SSSR count). The molecule has 110 valence electrons. The van der Waals surface area contributed by atoms with Gasteiger partial charge >= 0.3 is 5.97 Å². The summed E-state index contributed by atoms with van der Waals surface area (Å²) in [4.78, 5) is 26.0. The van der Waals surface area contributed by atoms with E-state index in [9.17, 15) is 19.8 Å². The first-order valence-electron chi connectivity index (χ1n) is 6.09. The highest BCUT2D eigenvalue weighted by Crippen LogP contribution is 2.13. The summed E-state index contributed by atoms with van der Waals surface area (Å²) in [5.41, 5.74) is 5.98. The normalized spacial score (nSPS) is 13.6. The Kier molecular flexibility index (Phi) is 6.08. The molecule has 0 radical (unpaired) electrons. The van der Waals surface area contributed by atoms with Gasteiger partial charge in [-0.2, -0.15) is 0 Å². The second kappa shape index (κ2) is 7.56. The summed E-state index contributed by atoms with van der Waals surface area (Å²) in [5, 5.41) is 19.5. The molecule has 0 aromatic carbocycles. The molecule has 1 amide bonds. The average molecular weight is 282 g/mol. The van der Waals surface area contributed by atoms with Crippen molar-refractivity contribution in [3.8, 4) is 0 Å². The zero-order valence-corrected chi connectivity index (χ0v) is 11.2. The van der Waals surface area contributed by atoms with Crippen LogP contribution in [0.4, 0.5) is 0 Å². The van der Waals surface area contributed by atoms with Crippen LogP contribution in [0.2, 0.25) is 0 Å². The molecule has 0 spiro atoms. The molecule has 1 aromatic heterocycles. The lowest BCUT2D eigenvalue weighted by molar-refractivity contribution is -0.143. The van der Waals surface area contributed by atoms with Gasteiger partial charge in [-0.3, -0.25) is 14.6 Å². The highest BCUT2D eigenvalue weighted by atomic mass is 16.5. The first kappa shape index (κ1) is 16.1. The number of aromatic nitrogens is 1. The van der Waals surface area contributed by atoms with E-state index in [0.717, 1.165) is 0 Å². The number of methoxy groups -OCH3 is 1. The van der Waals surface area contributed by atoms with Crippen LogP contribution >= 0.6 is 0 Å². The standard InChI is InChI=1S/C13H18N2O5/c1-20-12(18)6-10(17)5-9(16)4-8-2-3-15-7-11(8)13(14)19/h2-3,7,9-10,16-17H,4-6H2,1H3,(H2,14,19)/t9-,10-/m1/s1. The number of nitrogens with zero attached hydrogens (tertiary/aromatic N) is 1. The van der Waals surface area contributed by atoms with Crippen LogP contribution in [0.3, 0.4) is 0 Å². The summed E-state index contributed by atoms with van der Waals surface area (Å²) in [6.07, 6.45) is 0.849. The molecule has 1 aromatic rings. The van der Waals surface area contributed by atoms with Crippen molar-refractivity contribution in [2.45, 2.75) is 31.5 Å². The van der Waals surface area contributed by atoms with Crippen LogP contribution in [0.15, 0.2) is 18.5 Å². The highest BCUT2D eigenvalue weighted by molar-refractivity contribution is 5.93. The summed E-state index contributed by atoms with van der Waals surface area (Å²) in [7, 11) is 1.22. The predicted octanol–water partition coefficient (Wildman–Crippen LogP) is -0.602. The van der Waals surface area contributed by atoms with Crippen LogP contribution in [-0.4, -0.2) is 46.4 Å². The lowest BCUT2D eigenvalue weighted by Gasteiger charge is -2.15. The number of aliphatic hydroxyl groups is 2. The number of hydrogen-bond donors (Lipinski definition) is 3. The lowest BCUT2D eigenvalue weighted by atomic mass is 9.99. The van der Waals surface area contributed by atoms with Gasteiger partial charge in [-0.1, -0.05) is 0 Å². The van der Waals surface area contributed by atoms with Crippen LogP contribution in [0.1, 0.15) is 28.8 Å². The van der Waals surface area contributed by atoms with Crippen LogP contribution in [0.25, 0.3) is 0 Å². The number of esters is 1. The number of pyridine rings is 1. The molecule has 0 saturated carbocycles. The fraction of sp³-hybridized carbons (Fsp3) is 0.462. The highest BCUT2D eigenvalue weighted by Gasteiger charge is 2.18. The van der Waals surface area contributed by atoms with Gasteiger partial charge in [0.15, 0.2) is 0 Å². The Morgan fingerprint density at radius 3 is 2.70 bits per heavy atom. The zero-order valence-electron chi connectivity index (χ0n) is 11.2. The van der Waals surface area contributed by atoms with Gasteiger partial charge in [0, 0.05) is 18.8 Å². The molecular formula is C13H18N2O5. The van der Waals surface area contributed by atoms with Crippen LogP contribution in [-0.2, 0) is 16.0 Å². The van der Waals surface area contributed by atoms with Gasteiger partial charge in [0.2, 0.25) is 0 Å². The molecule has 0 aliphatic heterocycles. The van der Waals surface area contributed by atoms with Crippen molar-refractivity contribution in [3.05, 3.63) is 29.6 Å². The van der Waals surface area contributed by atoms with Gasteiger partial charge in [0.25, 0.3) is 5.91 Å². The molecule has 0 unspecified atom stereocenters. The third-order valence-electron chi connectivity index (χ3n) is 2.81. The summed E-state index contributed by atoms with van der Waals surface area (Å²) in [6.45, 7) is 0. The zero-order chi connectivity index (χ0) is 15.1. The number of ether oxygens (including phenoxy) is 1. The fourth-order valence-electron chi connectivity index (χ4n) is 1.83. The van der Waals surface area contributed by atoms with E-state index in [1.54, 1.807) is 6.07 Å².